The van der Waals surface area contributed by atoms with E-state index in [1.54, 1.807) is 42.5 Å². The molecule has 2 N–H and O–H groups in total. The molecule has 0 aliphatic rings. The number of hydrogen-bond acceptors (Lipinski definition) is 3. The van der Waals surface area contributed by atoms with Crippen LogP contribution in [0.15, 0.2) is 66.7 Å². The number of carbonyl (C=O) groups is 2. The molecular weight excluding hydrogens is 362 g/mol. The van der Waals surface area contributed by atoms with E-state index in [-0.39, 0.29) is 17.3 Å². The summed E-state index contributed by atoms with van der Waals surface area (Å²) in [5, 5.41) is 6.06. The van der Waals surface area contributed by atoms with Crippen molar-refractivity contribution in [1.82, 2.24) is 10.3 Å². The number of halogens is 1. The highest BCUT2D eigenvalue weighted by atomic mass is 35.5. The van der Waals surface area contributed by atoms with Crippen molar-refractivity contribution in [1.29, 1.82) is 0 Å². The summed E-state index contributed by atoms with van der Waals surface area (Å²) in [6.45, 7) is 2.38. The molecule has 0 saturated carbocycles. The molecular formula is C21H18ClN3O2. The van der Waals surface area contributed by atoms with Gasteiger partial charge in [-0.2, -0.15) is 0 Å². The van der Waals surface area contributed by atoms with E-state index in [0.717, 1.165) is 11.1 Å². The number of nitrogens with zero attached hydrogens (tertiary/aromatic N) is 1. The molecule has 1 aromatic heterocycles. The van der Waals surface area contributed by atoms with E-state index in [9.17, 15) is 9.59 Å². The third-order valence-corrected chi connectivity index (χ3v) is 4.23. The second kappa shape index (κ2) is 8.47. The number of pyridine rings is 1. The second-order valence-electron chi connectivity index (χ2n) is 5.98. The number of benzene rings is 2. The fourth-order valence-electron chi connectivity index (χ4n) is 2.52. The molecule has 0 aliphatic heterocycles. The maximum atomic E-state index is 12.4. The predicted octanol–water partition coefficient (Wildman–Crippen LogP) is 4.23. The van der Waals surface area contributed by atoms with Gasteiger partial charge in [0.1, 0.15) is 11.4 Å². The van der Waals surface area contributed by atoms with Gasteiger partial charge in [0.15, 0.2) is 0 Å². The van der Waals surface area contributed by atoms with E-state index >= 15 is 0 Å². The molecule has 0 radical (unpaired) electrons. The van der Waals surface area contributed by atoms with Crippen molar-refractivity contribution in [2.75, 3.05) is 5.32 Å². The quantitative estimate of drug-likeness (QED) is 0.697. The van der Waals surface area contributed by atoms with Crippen molar-refractivity contribution >= 4 is 29.1 Å². The largest absolute Gasteiger partial charge is 0.347 e. The molecule has 6 heteroatoms. The third kappa shape index (κ3) is 4.92. The van der Waals surface area contributed by atoms with Crippen LogP contribution in [0, 0.1) is 6.92 Å². The van der Waals surface area contributed by atoms with Crippen molar-refractivity contribution in [3.8, 4) is 0 Å². The lowest BCUT2D eigenvalue weighted by molar-refractivity contribution is 0.0945. The smallest absolute Gasteiger partial charge is 0.274 e. The lowest BCUT2D eigenvalue weighted by atomic mass is 10.1. The standard InChI is InChI=1S/C21H18ClN3O2/c1-14-6-2-3-7-15(14)13-23-20(26)18-10-5-11-19(25-18)21(27)24-17-9-4-8-16(22)12-17/h2-12H,13H2,1H3,(H,23,26)(H,24,27). The number of carbonyl (C=O) groups excluding carboxylic acids is 2. The summed E-state index contributed by atoms with van der Waals surface area (Å²) in [6, 6.07) is 19.4. The maximum Gasteiger partial charge on any atom is 0.274 e. The van der Waals surface area contributed by atoms with Crippen LogP contribution in [0.3, 0.4) is 0 Å². The molecule has 0 fully saturated rings. The van der Waals surface area contributed by atoms with Gasteiger partial charge < -0.3 is 10.6 Å². The van der Waals surface area contributed by atoms with Gasteiger partial charge in [-0.25, -0.2) is 4.98 Å². The first kappa shape index (κ1) is 18.6. The van der Waals surface area contributed by atoms with Crippen LogP contribution in [0.4, 0.5) is 5.69 Å². The van der Waals surface area contributed by atoms with Gasteiger partial charge in [0.2, 0.25) is 0 Å². The summed E-state index contributed by atoms with van der Waals surface area (Å²) in [6.07, 6.45) is 0. The lowest BCUT2D eigenvalue weighted by Gasteiger charge is -2.09. The molecule has 136 valence electrons. The molecule has 1 heterocycles. The van der Waals surface area contributed by atoms with Crippen molar-refractivity contribution in [3.05, 3.63) is 94.3 Å². The SMILES string of the molecule is Cc1ccccc1CNC(=O)c1cccc(C(=O)Nc2cccc(Cl)c2)n1. The number of amides is 2. The van der Waals surface area contributed by atoms with Crippen molar-refractivity contribution < 1.29 is 9.59 Å². The van der Waals surface area contributed by atoms with Crippen molar-refractivity contribution in [3.63, 3.8) is 0 Å². The predicted molar refractivity (Wildman–Crippen MR) is 106 cm³/mol. The summed E-state index contributed by atoms with van der Waals surface area (Å²) in [4.78, 5) is 28.9. The molecule has 0 bridgehead atoms. The van der Waals surface area contributed by atoms with Gasteiger partial charge in [-0.1, -0.05) is 48.0 Å². The summed E-state index contributed by atoms with van der Waals surface area (Å²) in [5.41, 5.74) is 3.02. The molecule has 2 amide bonds. The van der Waals surface area contributed by atoms with E-state index < -0.39 is 5.91 Å². The molecule has 2 aromatic carbocycles. The van der Waals surface area contributed by atoms with Crippen LogP contribution in [-0.2, 0) is 6.54 Å². The molecule has 0 unspecified atom stereocenters. The summed E-state index contributed by atoms with van der Waals surface area (Å²) >= 11 is 5.92. The average molecular weight is 380 g/mol. The summed E-state index contributed by atoms with van der Waals surface area (Å²) in [7, 11) is 0. The van der Waals surface area contributed by atoms with Crippen LogP contribution in [-0.4, -0.2) is 16.8 Å². The van der Waals surface area contributed by atoms with Gasteiger partial charge in [-0.15, -0.1) is 0 Å². The minimum Gasteiger partial charge on any atom is -0.347 e. The number of anilines is 1. The highest BCUT2D eigenvalue weighted by Gasteiger charge is 2.13. The van der Waals surface area contributed by atoms with Gasteiger partial charge >= 0.3 is 0 Å². The molecule has 0 saturated heterocycles. The van der Waals surface area contributed by atoms with Gasteiger partial charge in [-0.05, 0) is 48.4 Å². The second-order valence-corrected chi connectivity index (χ2v) is 6.42. The molecule has 3 rings (SSSR count). The number of nitrogens with one attached hydrogen (secondary N) is 2. The zero-order valence-corrected chi connectivity index (χ0v) is 15.5. The fourth-order valence-corrected chi connectivity index (χ4v) is 2.71. The monoisotopic (exact) mass is 379 g/mol. The van der Waals surface area contributed by atoms with E-state index in [1.165, 1.54) is 0 Å². The van der Waals surface area contributed by atoms with Gasteiger partial charge in [0.05, 0.1) is 0 Å². The van der Waals surface area contributed by atoms with Crippen LogP contribution in [0.5, 0.6) is 0 Å². The highest BCUT2D eigenvalue weighted by Crippen LogP contribution is 2.15. The Morgan fingerprint density at radius 2 is 1.63 bits per heavy atom. The zero-order chi connectivity index (χ0) is 19.2. The Labute approximate surface area is 162 Å². The Hall–Kier alpha value is -3.18. The van der Waals surface area contributed by atoms with Gasteiger partial charge in [0, 0.05) is 17.3 Å². The number of aryl methyl sites for hydroxylation is 1. The highest BCUT2D eigenvalue weighted by molar-refractivity contribution is 6.30. The average Bonchev–Trinajstić information content (AvgIpc) is 2.67. The normalized spacial score (nSPS) is 10.3. The van der Waals surface area contributed by atoms with Gasteiger partial charge in [0.25, 0.3) is 11.8 Å². The van der Waals surface area contributed by atoms with Crippen LogP contribution in [0.25, 0.3) is 0 Å². The zero-order valence-electron chi connectivity index (χ0n) is 14.7. The summed E-state index contributed by atoms with van der Waals surface area (Å²) in [5.74, 6) is -0.749. The minimum absolute atomic E-state index is 0.151. The van der Waals surface area contributed by atoms with Crippen LogP contribution >= 0.6 is 11.6 Å². The van der Waals surface area contributed by atoms with E-state index in [4.69, 9.17) is 11.6 Å². The molecule has 0 aliphatic carbocycles. The lowest BCUT2D eigenvalue weighted by Crippen LogP contribution is -2.25. The van der Waals surface area contributed by atoms with E-state index in [0.29, 0.717) is 17.3 Å². The Balaban J connectivity index is 1.68. The van der Waals surface area contributed by atoms with E-state index in [2.05, 4.69) is 15.6 Å². The first-order valence-electron chi connectivity index (χ1n) is 8.39. The Morgan fingerprint density at radius 3 is 2.37 bits per heavy atom. The molecule has 3 aromatic rings. The third-order valence-electron chi connectivity index (χ3n) is 4.00. The van der Waals surface area contributed by atoms with Crippen LogP contribution in [0.1, 0.15) is 32.1 Å². The first-order valence-corrected chi connectivity index (χ1v) is 8.77. The van der Waals surface area contributed by atoms with E-state index in [1.807, 2.05) is 31.2 Å². The number of aromatic nitrogens is 1. The summed E-state index contributed by atoms with van der Waals surface area (Å²) < 4.78 is 0. The topological polar surface area (TPSA) is 71.1 Å². The molecule has 0 spiro atoms. The Bertz CT molecular complexity index is 988. The molecule has 27 heavy (non-hydrogen) atoms. The number of rotatable bonds is 5. The Kier molecular flexibility index (Phi) is 5.84. The number of hydrogen-bond donors (Lipinski definition) is 2. The van der Waals surface area contributed by atoms with Crippen LogP contribution in [0.2, 0.25) is 5.02 Å². The minimum atomic E-state index is -0.411. The fraction of sp³-hybridized carbons (Fsp3) is 0.0952. The Morgan fingerprint density at radius 1 is 0.926 bits per heavy atom. The maximum absolute atomic E-state index is 12.4. The first-order chi connectivity index (χ1) is 13.0. The van der Waals surface area contributed by atoms with Crippen molar-refractivity contribution in [2.24, 2.45) is 0 Å². The van der Waals surface area contributed by atoms with Crippen LogP contribution < -0.4 is 10.6 Å². The molecule has 0 atom stereocenters. The van der Waals surface area contributed by atoms with Crippen molar-refractivity contribution in [2.45, 2.75) is 13.5 Å². The van der Waals surface area contributed by atoms with Gasteiger partial charge in [-0.3, -0.25) is 9.59 Å². The molecule has 5 nitrogen and oxygen atoms in total.